The Balaban J connectivity index is 1.61. The summed E-state index contributed by atoms with van der Waals surface area (Å²) in [6.07, 6.45) is 8.53. The molecule has 0 aromatic heterocycles. The van der Waals surface area contributed by atoms with E-state index in [9.17, 15) is 9.59 Å². The van der Waals surface area contributed by atoms with Crippen molar-refractivity contribution >= 4 is 23.6 Å². The summed E-state index contributed by atoms with van der Waals surface area (Å²) in [4.78, 5) is 27.5. The van der Waals surface area contributed by atoms with Gasteiger partial charge in [-0.25, -0.2) is 0 Å². The summed E-state index contributed by atoms with van der Waals surface area (Å²) in [6.45, 7) is 2.56. The van der Waals surface area contributed by atoms with E-state index in [0.29, 0.717) is 6.42 Å². The smallest absolute Gasteiger partial charge is 0.246 e. The van der Waals surface area contributed by atoms with Crippen LogP contribution in [0.2, 0.25) is 0 Å². The van der Waals surface area contributed by atoms with Gasteiger partial charge in [-0.15, -0.1) is 0 Å². The predicted molar refractivity (Wildman–Crippen MR) is 87.5 cm³/mol. The van der Waals surface area contributed by atoms with Crippen molar-refractivity contribution in [1.29, 1.82) is 0 Å². The van der Waals surface area contributed by atoms with Crippen molar-refractivity contribution in [3.8, 4) is 0 Å². The van der Waals surface area contributed by atoms with Crippen molar-refractivity contribution in [2.45, 2.75) is 32.1 Å². The fourth-order valence-electron chi connectivity index (χ4n) is 3.07. The number of likely N-dealkylation sites (tertiary alicyclic amines) is 1. The van der Waals surface area contributed by atoms with Gasteiger partial charge in [0.15, 0.2) is 0 Å². The molecule has 0 saturated carbocycles. The monoisotopic (exact) mass is 298 g/mol. The highest BCUT2D eigenvalue weighted by Crippen LogP contribution is 2.22. The van der Waals surface area contributed by atoms with Crippen LogP contribution in [-0.2, 0) is 9.59 Å². The Hall–Kier alpha value is -2.10. The van der Waals surface area contributed by atoms with Crippen LogP contribution < -0.4 is 4.90 Å². The number of anilines is 1. The summed E-state index contributed by atoms with van der Waals surface area (Å²) < 4.78 is 0. The van der Waals surface area contributed by atoms with Crippen LogP contribution in [0.15, 0.2) is 30.3 Å². The molecule has 0 spiro atoms. The first-order chi connectivity index (χ1) is 10.7. The summed E-state index contributed by atoms with van der Waals surface area (Å²) in [6, 6.07) is 7.82. The molecule has 4 heteroatoms. The molecule has 0 bridgehead atoms. The SMILES string of the molecule is O=C(/C=C/c1ccc(N2CCCC2=O)cc1)N1CCCCC1. The van der Waals surface area contributed by atoms with Gasteiger partial charge in [0.05, 0.1) is 0 Å². The average Bonchev–Trinajstić information content (AvgIpc) is 3.00. The van der Waals surface area contributed by atoms with Crippen LogP contribution in [0.3, 0.4) is 0 Å². The maximum absolute atomic E-state index is 12.1. The van der Waals surface area contributed by atoms with Crippen LogP contribution in [0, 0.1) is 0 Å². The zero-order valence-corrected chi connectivity index (χ0v) is 12.8. The highest BCUT2D eigenvalue weighted by Gasteiger charge is 2.21. The minimum atomic E-state index is 0.0958. The molecule has 2 heterocycles. The van der Waals surface area contributed by atoms with Crippen LogP contribution in [0.5, 0.6) is 0 Å². The molecule has 2 amide bonds. The van der Waals surface area contributed by atoms with Crippen LogP contribution >= 0.6 is 0 Å². The second-order valence-electron chi connectivity index (χ2n) is 5.96. The fraction of sp³-hybridized carbons (Fsp3) is 0.444. The van der Waals surface area contributed by atoms with Crippen molar-refractivity contribution in [3.63, 3.8) is 0 Å². The molecule has 22 heavy (non-hydrogen) atoms. The molecule has 2 fully saturated rings. The Bertz CT molecular complexity index is 571. The molecule has 2 aliphatic rings. The second-order valence-corrected chi connectivity index (χ2v) is 5.96. The fourth-order valence-corrected chi connectivity index (χ4v) is 3.07. The summed E-state index contributed by atoms with van der Waals surface area (Å²) in [7, 11) is 0. The largest absolute Gasteiger partial charge is 0.339 e. The molecule has 0 radical (unpaired) electrons. The van der Waals surface area contributed by atoms with E-state index in [4.69, 9.17) is 0 Å². The van der Waals surface area contributed by atoms with E-state index in [-0.39, 0.29) is 11.8 Å². The van der Waals surface area contributed by atoms with Gasteiger partial charge in [-0.3, -0.25) is 9.59 Å². The molecule has 116 valence electrons. The quantitative estimate of drug-likeness (QED) is 0.805. The molecule has 4 nitrogen and oxygen atoms in total. The summed E-state index contributed by atoms with van der Waals surface area (Å²) in [5, 5.41) is 0. The van der Waals surface area contributed by atoms with Crippen molar-refractivity contribution < 1.29 is 9.59 Å². The minimum Gasteiger partial charge on any atom is -0.339 e. The number of nitrogens with zero attached hydrogens (tertiary/aromatic N) is 2. The van der Waals surface area contributed by atoms with Crippen LogP contribution in [-0.4, -0.2) is 36.3 Å². The maximum Gasteiger partial charge on any atom is 0.246 e. The highest BCUT2D eigenvalue weighted by molar-refractivity contribution is 5.95. The number of hydrogen-bond donors (Lipinski definition) is 0. The summed E-state index contributed by atoms with van der Waals surface area (Å²) in [5.41, 5.74) is 1.93. The lowest BCUT2D eigenvalue weighted by Crippen LogP contribution is -2.34. The van der Waals surface area contributed by atoms with Crippen molar-refractivity contribution in [1.82, 2.24) is 4.90 Å². The van der Waals surface area contributed by atoms with Gasteiger partial charge in [0.1, 0.15) is 0 Å². The molecule has 0 unspecified atom stereocenters. The minimum absolute atomic E-state index is 0.0958. The van der Waals surface area contributed by atoms with E-state index >= 15 is 0 Å². The first-order valence-corrected chi connectivity index (χ1v) is 8.11. The van der Waals surface area contributed by atoms with Crippen LogP contribution in [0.1, 0.15) is 37.7 Å². The van der Waals surface area contributed by atoms with Gasteiger partial charge in [-0.2, -0.15) is 0 Å². The van der Waals surface area contributed by atoms with E-state index in [1.54, 1.807) is 6.08 Å². The lowest BCUT2D eigenvalue weighted by molar-refractivity contribution is -0.126. The van der Waals surface area contributed by atoms with Crippen LogP contribution in [0.25, 0.3) is 6.08 Å². The van der Waals surface area contributed by atoms with Gasteiger partial charge in [-0.05, 0) is 49.5 Å². The second kappa shape index (κ2) is 6.77. The first kappa shape index (κ1) is 14.8. The van der Waals surface area contributed by atoms with Crippen LogP contribution in [0.4, 0.5) is 5.69 Å². The third-order valence-corrected chi connectivity index (χ3v) is 4.36. The highest BCUT2D eigenvalue weighted by atomic mass is 16.2. The molecular weight excluding hydrogens is 276 g/mol. The molecule has 0 atom stereocenters. The van der Waals surface area contributed by atoms with Gasteiger partial charge in [0.2, 0.25) is 11.8 Å². The Kier molecular flexibility index (Phi) is 4.56. The van der Waals surface area contributed by atoms with E-state index in [1.807, 2.05) is 40.1 Å². The Morgan fingerprint density at radius 3 is 2.32 bits per heavy atom. The van der Waals surface area contributed by atoms with Gasteiger partial charge < -0.3 is 9.80 Å². The van der Waals surface area contributed by atoms with E-state index < -0.39 is 0 Å². The summed E-state index contributed by atoms with van der Waals surface area (Å²) in [5.74, 6) is 0.294. The third kappa shape index (κ3) is 3.38. The number of benzene rings is 1. The van der Waals surface area contributed by atoms with Crippen molar-refractivity contribution in [3.05, 3.63) is 35.9 Å². The van der Waals surface area contributed by atoms with Crippen molar-refractivity contribution in [2.24, 2.45) is 0 Å². The number of rotatable bonds is 3. The molecule has 2 aliphatic heterocycles. The number of hydrogen-bond acceptors (Lipinski definition) is 2. The lowest BCUT2D eigenvalue weighted by atomic mass is 10.1. The number of carbonyl (C=O) groups is 2. The normalized spacial score (nSPS) is 19.2. The topological polar surface area (TPSA) is 40.6 Å². The molecule has 0 N–H and O–H groups in total. The standard InChI is InChI=1S/C18H22N2O2/c21-17(19-12-2-1-3-13-19)11-8-15-6-9-16(10-7-15)20-14-4-5-18(20)22/h6-11H,1-5,12-14H2/b11-8+. The molecule has 1 aromatic rings. The number of amides is 2. The summed E-state index contributed by atoms with van der Waals surface area (Å²) >= 11 is 0. The van der Waals surface area contributed by atoms with Crippen molar-refractivity contribution in [2.75, 3.05) is 24.5 Å². The Morgan fingerprint density at radius 1 is 0.955 bits per heavy atom. The molecule has 2 saturated heterocycles. The number of carbonyl (C=O) groups excluding carboxylic acids is 2. The zero-order chi connectivity index (χ0) is 15.4. The van der Waals surface area contributed by atoms with Gasteiger partial charge >= 0.3 is 0 Å². The third-order valence-electron chi connectivity index (χ3n) is 4.36. The van der Waals surface area contributed by atoms with Gasteiger partial charge in [0.25, 0.3) is 0 Å². The zero-order valence-electron chi connectivity index (χ0n) is 12.8. The van der Waals surface area contributed by atoms with E-state index in [1.165, 1.54) is 6.42 Å². The van der Waals surface area contributed by atoms with Gasteiger partial charge in [0, 0.05) is 37.8 Å². The molecule has 0 aliphatic carbocycles. The van der Waals surface area contributed by atoms with E-state index in [0.717, 1.165) is 50.1 Å². The maximum atomic E-state index is 12.1. The Morgan fingerprint density at radius 2 is 1.68 bits per heavy atom. The lowest BCUT2D eigenvalue weighted by Gasteiger charge is -2.25. The predicted octanol–water partition coefficient (Wildman–Crippen LogP) is 2.84. The Labute approximate surface area is 131 Å². The average molecular weight is 298 g/mol. The first-order valence-electron chi connectivity index (χ1n) is 8.11. The van der Waals surface area contributed by atoms with E-state index in [2.05, 4.69) is 0 Å². The molecule has 3 rings (SSSR count). The molecule has 1 aromatic carbocycles. The van der Waals surface area contributed by atoms with Gasteiger partial charge in [-0.1, -0.05) is 12.1 Å². The molecular formula is C18H22N2O2. The number of piperidine rings is 1.